The SMILES string of the molecule is CC(C=O)=N/C=C\N(C=O)C(C)C. The summed E-state index contributed by atoms with van der Waals surface area (Å²) in [5.41, 5.74) is 0.380. The lowest BCUT2D eigenvalue weighted by atomic mass is 10.4. The summed E-state index contributed by atoms with van der Waals surface area (Å²) in [6, 6.07) is 0.0977. The third-order valence-electron chi connectivity index (χ3n) is 1.41. The standard InChI is InChI=1S/C9H14N2O2/c1-8(2)11(7-13)5-4-10-9(3)6-12/h4-8H,1-3H3/b5-4-,10-9?. The molecule has 0 radical (unpaired) electrons. The van der Waals surface area contributed by atoms with Gasteiger partial charge in [-0.3, -0.25) is 14.6 Å². The first-order valence-electron chi connectivity index (χ1n) is 4.00. The number of rotatable bonds is 5. The average molecular weight is 182 g/mol. The molecule has 0 fully saturated rings. The van der Waals surface area contributed by atoms with E-state index in [9.17, 15) is 9.59 Å². The Morgan fingerprint density at radius 1 is 1.38 bits per heavy atom. The maximum atomic E-state index is 10.4. The predicted octanol–water partition coefficient (Wildman–Crippen LogP) is 0.984. The summed E-state index contributed by atoms with van der Waals surface area (Å²) in [4.78, 5) is 25.8. The van der Waals surface area contributed by atoms with Crippen molar-refractivity contribution in [1.82, 2.24) is 4.90 Å². The Bertz CT molecular complexity index is 232. The van der Waals surface area contributed by atoms with Crippen molar-refractivity contribution < 1.29 is 9.59 Å². The van der Waals surface area contributed by atoms with Gasteiger partial charge in [0.1, 0.15) is 0 Å². The molecule has 4 nitrogen and oxygen atoms in total. The van der Waals surface area contributed by atoms with Gasteiger partial charge in [0.05, 0.1) is 5.71 Å². The van der Waals surface area contributed by atoms with E-state index in [1.807, 2.05) is 13.8 Å². The van der Waals surface area contributed by atoms with E-state index in [0.717, 1.165) is 0 Å². The van der Waals surface area contributed by atoms with Gasteiger partial charge in [0.25, 0.3) is 0 Å². The van der Waals surface area contributed by atoms with Crippen molar-refractivity contribution in [3.8, 4) is 0 Å². The first-order chi connectivity index (χ1) is 6.11. The highest BCUT2D eigenvalue weighted by atomic mass is 16.1. The van der Waals surface area contributed by atoms with Gasteiger partial charge in [0.2, 0.25) is 6.41 Å². The van der Waals surface area contributed by atoms with Gasteiger partial charge in [-0.15, -0.1) is 0 Å². The molecule has 13 heavy (non-hydrogen) atoms. The van der Waals surface area contributed by atoms with Crippen molar-refractivity contribution in [3.05, 3.63) is 12.4 Å². The Labute approximate surface area is 77.9 Å². The number of nitrogens with zero attached hydrogens (tertiary/aromatic N) is 2. The van der Waals surface area contributed by atoms with Gasteiger partial charge in [-0.1, -0.05) is 0 Å². The lowest BCUT2D eigenvalue weighted by molar-refractivity contribution is -0.117. The van der Waals surface area contributed by atoms with Crippen LogP contribution in [0.3, 0.4) is 0 Å². The number of carbonyl (C=O) groups is 2. The molecule has 0 N–H and O–H groups in total. The third-order valence-corrected chi connectivity index (χ3v) is 1.41. The molecule has 0 aromatic rings. The van der Waals surface area contributed by atoms with Gasteiger partial charge in [0, 0.05) is 18.4 Å². The molecule has 0 aromatic carbocycles. The van der Waals surface area contributed by atoms with Crippen LogP contribution in [0.2, 0.25) is 0 Å². The topological polar surface area (TPSA) is 49.7 Å². The maximum Gasteiger partial charge on any atom is 0.213 e. The first kappa shape index (κ1) is 11.6. The van der Waals surface area contributed by atoms with Crippen LogP contribution in [-0.2, 0) is 9.59 Å². The van der Waals surface area contributed by atoms with E-state index in [0.29, 0.717) is 18.4 Å². The van der Waals surface area contributed by atoms with Crippen LogP contribution < -0.4 is 0 Å². The molecule has 0 spiro atoms. The van der Waals surface area contributed by atoms with Gasteiger partial charge in [-0.2, -0.15) is 0 Å². The summed E-state index contributed by atoms with van der Waals surface area (Å²) in [6.07, 6.45) is 4.33. The number of amides is 1. The summed E-state index contributed by atoms with van der Waals surface area (Å²) in [6.45, 7) is 5.36. The molecule has 0 aliphatic heterocycles. The molecule has 0 bridgehead atoms. The molecule has 0 aliphatic carbocycles. The van der Waals surface area contributed by atoms with E-state index in [4.69, 9.17) is 0 Å². The fourth-order valence-corrected chi connectivity index (χ4v) is 0.587. The highest BCUT2D eigenvalue weighted by Crippen LogP contribution is 1.94. The maximum absolute atomic E-state index is 10.4. The summed E-state index contributed by atoms with van der Waals surface area (Å²) < 4.78 is 0. The van der Waals surface area contributed by atoms with Crippen molar-refractivity contribution >= 4 is 18.4 Å². The van der Waals surface area contributed by atoms with Crippen LogP contribution in [0.25, 0.3) is 0 Å². The lowest BCUT2D eigenvalue weighted by Gasteiger charge is -2.15. The Hall–Kier alpha value is -1.45. The lowest BCUT2D eigenvalue weighted by Crippen LogP contribution is -2.23. The largest absolute Gasteiger partial charge is 0.318 e. The molecule has 0 aliphatic rings. The second-order valence-electron chi connectivity index (χ2n) is 2.83. The van der Waals surface area contributed by atoms with Crippen molar-refractivity contribution in [2.45, 2.75) is 26.8 Å². The Balaban J connectivity index is 4.23. The van der Waals surface area contributed by atoms with Crippen LogP contribution in [0.5, 0.6) is 0 Å². The Morgan fingerprint density at radius 3 is 2.38 bits per heavy atom. The van der Waals surface area contributed by atoms with Crippen LogP contribution in [-0.4, -0.2) is 29.3 Å². The Morgan fingerprint density at radius 2 is 2.00 bits per heavy atom. The predicted molar refractivity (Wildman–Crippen MR) is 51.4 cm³/mol. The van der Waals surface area contributed by atoms with Crippen LogP contribution in [0.15, 0.2) is 17.4 Å². The quantitative estimate of drug-likeness (QED) is 0.470. The first-order valence-corrected chi connectivity index (χ1v) is 4.00. The minimum atomic E-state index is 0.0977. The second kappa shape index (κ2) is 6.11. The molecule has 0 saturated heterocycles. The summed E-state index contributed by atoms with van der Waals surface area (Å²) in [5.74, 6) is 0. The molecule has 0 unspecified atom stereocenters. The number of aliphatic imine (C=N–C) groups is 1. The third kappa shape index (κ3) is 4.90. The van der Waals surface area contributed by atoms with Crippen LogP contribution in [0, 0.1) is 0 Å². The number of carbonyl (C=O) groups excluding carboxylic acids is 2. The van der Waals surface area contributed by atoms with Crippen molar-refractivity contribution in [1.29, 1.82) is 0 Å². The summed E-state index contributed by atoms with van der Waals surface area (Å²) in [5, 5.41) is 0. The molecule has 0 rings (SSSR count). The number of hydrogen-bond acceptors (Lipinski definition) is 3. The normalized spacial score (nSPS) is 12.2. The zero-order chi connectivity index (χ0) is 10.3. The molecule has 4 heteroatoms. The molecule has 0 heterocycles. The van der Waals surface area contributed by atoms with Crippen molar-refractivity contribution in [3.63, 3.8) is 0 Å². The zero-order valence-corrected chi connectivity index (χ0v) is 8.10. The second-order valence-corrected chi connectivity index (χ2v) is 2.83. The molecule has 0 atom stereocenters. The Kier molecular flexibility index (Phi) is 5.43. The minimum absolute atomic E-state index is 0.0977. The highest BCUT2D eigenvalue weighted by Gasteiger charge is 1.99. The highest BCUT2D eigenvalue weighted by molar-refractivity contribution is 6.27. The van der Waals surface area contributed by atoms with Gasteiger partial charge < -0.3 is 4.90 Å². The van der Waals surface area contributed by atoms with Gasteiger partial charge >= 0.3 is 0 Å². The van der Waals surface area contributed by atoms with Gasteiger partial charge in [0.15, 0.2) is 6.29 Å². The summed E-state index contributed by atoms with van der Waals surface area (Å²) >= 11 is 0. The molecule has 1 amide bonds. The van der Waals surface area contributed by atoms with E-state index in [1.54, 1.807) is 6.92 Å². The van der Waals surface area contributed by atoms with Crippen LogP contribution in [0.1, 0.15) is 20.8 Å². The van der Waals surface area contributed by atoms with E-state index < -0.39 is 0 Å². The van der Waals surface area contributed by atoms with E-state index in [2.05, 4.69) is 4.99 Å². The van der Waals surface area contributed by atoms with E-state index in [1.165, 1.54) is 17.3 Å². The average Bonchev–Trinajstić information content (AvgIpc) is 2.11. The van der Waals surface area contributed by atoms with Crippen LogP contribution >= 0.6 is 0 Å². The smallest absolute Gasteiger partial charge is 0.213 e. The fourth-order valence-electron chi connectivity index (χ4n) is 0.587. The van der Waals surface area contributed by atoms with Crippen molar-refractivity contribution in [2.24, 2.45) is 4.99 Å². The van der Waals surface area contributed by atoms with E-state index >= 15 is 0 Å². The molecule has 72 valence electrons. The molecular formula is C9H14N2O2. The number of hydrogen-bond donors (Lipinski definition) is 0. The molecule has 0 aromatic heterocycles. The minimum Gasteiger partial charge on any atom is -0.318 e. The van der Waals surface area contributed by atoms with Gasteiger partial charge in [-0.05, 0) is 20.8 Å². The summed E-state index contributed by atoms with van der Waals surface area (Å²) in [7, 11) is 0. The number of aldehydes is 1. The molecular weight excluding hydrogens is 168 g/mol. The molecule has 0 saturated carbocycles. The zero-order valence-electron chi connectivity index (χ0n) is 8.10. The van der Waals surface area contributed by atoms with Crippen molar-refractivity contribution in [2.75, 3.05) is 0 Å². The van der Waals surface area contributed by atoms with Crippen LogP contribution in [0.4, 0.5) is 0 Å². The fraction of sp³-hybridized carbons (Fsp3) is 0.444. The monoisotopic (exact) mass is 182 g/mol. The van der Waals surface area contributed by atoms with Gasteiger partial charge in [-0.25, -0.2) is 0 Å². The van der Waals surface area contributed by atoms with E-state index in [-0.39, 0.29) is 6.04 Å².